The van der Waals surface area contributed by atoms with Gasteiger partial charge in [-0.05, 0) is 0 Å². The Morgan fingerprint density at radius 1 is 1.00 bits per heavy atom. The Kier molecular flexibility index (Phi) is 13.4. The van der Waals surface area contributed by atoms with Crippen LogP contribution in [0, 0.1) is 6.92 Å². The van der Waals surface area contributed by atoms with Crippen LogP contribution in [0.3, 0.4) is 0 Å². The van der Waals surface area contributed by atoms with Crippen LogP contribution in [0.25, 0.3) is 10.8 Å². The average molecular weight is 417 g/mol. The van der Waals surface area contributed by atoms with Crippen molar-refractivity contribution in [3.8, 4) is 0 Å². The molecule has 0 amide bonds. The summed E-state index contributed by atoms with van der Waals surface area (Å²) in [5.41, 5.74) is 1.35. The zero-order valence-electron chi connectivity index (χ0n) is 7.60. The van der Waals surface area contributed by atoms with E-state index in [-0.39, 0.29) is 72.7 Å². The van der Waals surface area contributed by atoms with E-state index in [0.717, 1.165) is 0 Å². The SMILES string of the molecule is Cc1cc2ccccc2[cH-]1.[Br-].[Br-].[Br-].[Ti+4]. The van der Waals surface area contributed by atoms with Gasteiger partial charge in [0.2, 0.25) is 0 Å². The van der Waals surface area contributed by atoms with Crippen LogP contribution in [0.15, 0.2) is 36.4 Å². The number of benzene rings is 1. The van der Waals surface area contributed by atoms with Crippen LogP contribution in [-0.4, -0.2) is 0 Å². The number of halogens is 3. The first-order valence-electron chi connectivity index (χ1n) is 3.48. The van der Waals surface area contributed by atoms with Crippen molar-refractivity contribution in [2.24, 2.45) is 0 Å². The predicted molar refractivity (Wildman–Crippen MR) is 44.3 cm³/mol. The fourth-order valence-corrected chi connectivity index (χ4v) is 1.31. The van der Waals surface area contributed by atoms with Gasteiger partial charge in [-0.3, -0.25) is 0 Å². The van der Waals surface area contributed by atoms with E-state index in [1.165, 1.54) is 16.3 Å². The Hall–Kier alpha value is 0.984. The summed E-state index contributed by atoms with van der Waals surface area (Å²) in [7, 11) is 0. The first kappa shape index (κ1) is 20.4. The second-order valence-corrected chi connectivity index (χ2v) is 2.66. The summed E-state index contributed by atoms with van der Waals surface area (Å²) in [5, 5.41) is 2.69. The van der Waals surface area contributed by atoms with Gasteiger partial charge in [-0.1, -0.05) is 13.0 Å². The standard InChI is InChI=1S/C10H9.3BrH.Ti/c1-8-6-9-4-2-3-5-10(9)7-8;;;;/h2-7H,1H3;3*1H;/q-1;;;;+4/p-3. The average Bonchev–Trinajstić information content (AvgIpc) is 2.27. The van der Waals surface area contributed by atoms with Crippen molar-refractivity contribution in [2.75, 3.05) is 0 Å². The molecule has 0 fully saturated rings. The minimum absolute atomic E-state index is 0. The molecule has 0 aliphatic rings. The minimum Gasteiger partial charge on any atom is -1.00 e. The number of fused-ring (bicyclic) bond motifs is 1. The third-order valence-electron chi connectivity index (χ3n) is 1.76. The van der Waals surface area contributed by atoms with Crippen LogP contribution in [-0.2, 0) is 21.7 Å². The van der Waals surface area contributed by atoms with E-state index >= 15 is 0 Å². The molecule has 14 heavy (non-hydrogen) atoms. The zero-order chi connectivity index (χ0) is 6.97. The molecular weight excluding hydrogens is 408 g/mol. The van der Waals surface area contributed by atoms with E-state index in [0.29, 0.717) is 0 Å². The molecule has 0 unspecified atom stereocenters. The Morgan fingerprint density at radius 3 is 2.14 bits per heavy atom. The Labute approximate surface area is 131 Å². The zero-order valence-corrected chi connectivity index (χ0v) is 13.9. The van der Waals surface area contributed by atoms with Gasteiger partial charge in [-0.2, -0.15) is 6.07 Å². The summed E-state index contributed by atoms with van der Waals surface area (Å²) in [6.45, 7) is 2.12. The summed E-state index contributed by atoms with van der Waals surface area (Å²) >= 11 is 0. The smallest absolute Gasteiger partial charge is 1.00 e. The molecule has 2 rings (SSSR count). The van der Waals surface area contributed by atoms with Gasteiger partial charge < -0.3 is 50.9 Å². The molecule has 0 aliphatic carbocycles. The van der Waals surface area contributed by atoms with Crippen LogP contribution >= 0.6 is 0 Å². The second kappa shape index (κ2) is 9.23. The van der Waals surface area contributed by atoms with Crippen LogP contribution in [0.4, 0.5) is 0 Å². The fraction of sp³-hybridized carbons (Fsp3) is 0.100. The molecule has 2 aromatic rings. The van der Waals surface area contributed by atoms with Gasteiger partial charge in [0, 0.05) is 0 Å². The third-order valence-corrected chi connectivity index (χ3v) is 1.76. The van der Waals surface area contributed by atoms with Crippen molar-refractivity contribution in [1.82, 2.24) is 0 Å². The Morgan fingerprint density at radius 2 is 1.57 bits per heavy atom. The van der Waals surface area contributed by atoms with Gasteiger partial charge in [0.1, 0.15) is 0 Å². The van der Waals surface area contributed by atoms with E-state index in [2.05, 4.69) is 43.3 Å². The molecule has 0 nitrogen and oxygen atoms in total. The molecule has 0 aliphatic heterocycles. The quantitative estimate of drug-likeness (QED) is 0.296. The maximum atomic E-state index is 2.20. The largest absolute Gasteiger partial charge is 4.00 e. The van der Waals surface area contributed by atoms with Crippen molar-refractivity contribution in [3.63, 3.8) is 0 Å². The molecule has 0 saturated heterocycles. The summed E-state index contributed by atoms with van der Waals surface area (Å²) in [5.74, 6) is 0. The van der Waals surface area contributed by atoms with Crippen molar-refractivity contribution in [2.45, 2.75) is 6.92 Å². The maximum Gasteiger partial charge on any atom is 4.00 e. The molecule has 0 bridgehead atoms. The summed E-state index contributed by atoms with van der Waals surface area (Å²) in [4.78, 5) is 0. The Bertz CT molecular complexity index is 324. The van der Waals surface area contributed by atoms with E-state index in [9.17, 15) is 0 Å². The van der Waals surface area contributed by atoms with Crippen molar-refractivity contribution in [3.05, 3.63) is 42.0 Å². The van der Waals surface area contributed by atoms with Gasteiger partial charge in [-0.15, -0.1) is 40.6 Å². The number of rotatable bonds is 0. The summed E-state index contributed by atoms with van der Waals surface area (Å²) in [6, 6.07) is 12.8. The van der Waals surface area contributed by atoms with Gasteiger partial charge in [0.15, 0.2) is 0 Å². The van der Waals surface area contributed by atoms with Crippen LogP contribution < -0.4 is 50.9 Å². The fourth-order valence-electron chi connectivity index (χ4n) is 1.31. The van der Waals surface area contributed by atoms with Gasteiger partial charge in [0.25, 0.3) is 0 Å². The third kappa shape index (κ3) is 4.67. The normalized spacial score (nSPS) is 7.50. The minimum atomic E-state index is 0. The van der Waals surface area contributed by atoms with Gasteiger partial charge >= 0.3 is 21.7 Å². The van der Waals surface area contributed by atoms with Crippen molar-refractivity contribution < 1.29 is 72.7 Å². The molecule has 74 valence electrons. The molecular formula is C10H9Br3Ti. The van der Waals surface area contributed by atoms with E-state index in [1.54, 1.807) is 0 Å². The molecule has 0 saturated carbocycles. The van der Waals surface area contributed by atoms with E-state index in [1.807, 2.05) is 0 Å². The molecule has 0 aromatic heterocycles. The molecule has 0 atom stereocenters. The van der Waals surface area contributed by atoms with Crippen LogP contribution in [0.2, 0.25) is 0 Å². The number of hydrogen-bond acceptors (Lipinski definition) is 0. The van der Waals surface area contributed by atoms with Crippen molar-refractivity contribution >= 4 is 10.8 Å². The number of hydrogen-bond donors (Lipinski definition) is 0. The Balaban J connectivity index is -0.000000302. The van der Waals surface area contributed by atoms with E-state index in [4.69, 9.17) is 0 Å². The molecule has 0 radical (unpaired) electrons. The van der Waals surface area contributed by atoms with Crippen LogP contribution in [0.1, 0.15) is 5.56 Å². The van der Waals surface area contributed by atoms with Gasteiger partial charge in [0.05, 0.1) is 0 Å². The van der Waals surface area contributed by atoms with E-state index < -0.39 is 0 Å². The molecule has 0 N–H and O–H groups in total. The topological polar surface area (TPSA) is 0 Å². The maximum absolute atomic E-state index is 2.20. The summed E-state index contributed by atoms with van der Waals surface area (Å²) < 4.78 is 0. The number of aryl methyl sites for hydroxylation is 1. The molecule has 2 aromatic carbocycles. The monoisotopic (exact) mass is 414 g/mol. The molecule has 0 heterocycles. The summed E-state index contributed by atoms with van der Waals surface area (Å²) in [6.07, 6.45) is 0. The predicted octanol–water partition coefficient (Wildman–Crippen LogP) is -6.12. The van der Waals surface area contributed by atoms with Crippen molar-refractivity contribution in [1.29, 1.82) is 0 Å². The van der Waals surface area contributed by atoms with Gasteiger partial charge in [-0.25, -0.2) is 0 Å². The molecule has 0 spiro atoms. The van der Waals surface area contributed by atoms with Crippen LogP contribution in [0.5, 0.6) is 0 Å². The first-order valence-corrected chi connectivity index (χ1v) is 3.48. The first-order chi connectivity index (χ1) is 4.86. The second-order valence-electron chi connectivity index (χ2n) is 2.66. The molecule has 4 heteroatoms.